The summed E-state index contributed by atoms with van der Waals surface area (Å²) in [4.78, 5) is 12.5. The van der Waals surface area contributed by atoms with Crippen LogP contribution in [0.3, 0.4) is 0 Å². The Bertz CT molecular complexity index is 692. The number of halogens is 1. The van der Waals surface area contributed by atoms with E-state index in [2.05, 4.69) is 22.3 Å². The van der Waals surface area contributed by atoms with Crippen LogP contribution in [0.4, 0.5) is 0 Å². The van der Waals surface area contributed by atoms with E-state index < -0.39 is 10.0 Å². The predicted octanol–water partition coefficient (Wildman–Crippen LogP) is 1.42. The fourth-order valence-corrected chi connectivity index (χ4v) is 4.18. The van der Waals surface area contributed by atoms with Crippen molar-refractivity contribution < 1.29 is 13.2 Å². The van der Waals surface area contributed by atoms with E-state index in [1.807, 2.05) is 0 Å². The molecule has 0 spiro atoms. The Labute approximate surface area is 149 Å². The lowest BCUT2D eigenvalue weighted by Crippen LogP contribution is -2.46. The number of carbonyl (C=O) groups excluding carboxylic acids is 1. The van der Waals surface area contributed by atoms with E-state index in [0.29, 0.717) is 11.6 Å². The van der Waals surface area contributed by atoms with Gasteiger partial charge in [-0.2, -0.15) is 0 Å². The lowest BCUT2D eigenvalue weighted by molar-refractivity contribution is 0.0925. The molecule has 8 heteroatoms. The fraction of sp³-hybridized carbons (Fsp3) is 0.562. The first-order valence-electron chi connectivity index (χ1n) is 8.11. The molecule has 1 aromatic carbocycles. The molecular formula is C16H24ClN3O3S. The third-order valence-corrected chi connectivity index (χ3v) is 5.78. The molecule has 0 aromatic heterocycles. The van der Waals surface area contributed by atoms with E-state index in [1.165, 1.54) is 12.1 Å². The van der Waals surface area contributed by atoms with Gasteiger partial charge in [0.15, 0.2) is 0 Å². The molecule has 2 aliphatic rings. The highest BCUT2D eigenvalue weighted by Gasteiger charge is 2.28. The minimum Gasteiger partial charge on any atom is -0.349 e. The Morgan fingerprint density at radius 2 is 1.96 bits per heavy atom. The van der Waals surface area contributed by atoms with Crippen LogP contribution >= 0.6 is 12.4 Å². The summed E-state index contributed by atoms with van der Waals surface area (Å²) in [5, 5.41) is 6.34. The molecule has 3 N–H and O–H groups in total. The number of hydrogen-bond donors (Lipinski definition) is 3. The number of benzene rings is 1. The maximum Gasteiger partial charge on any atom is 0.251 e. The third-order valence-electron chi connectivity index (χ3n) is 4.26. The van der Waals surface area contributed by atoms with Gasteiger partial charge in [-0.3, -0.25) is 4.79 Å². The first-order valence-corrected chi connectivity index (χ1v) is 9.59. The molecule has 0 radical (unpaired) electrons. The van der Waals surface area contributed by atoms with E-state index in [-0.39, 0.29) is 35.3 Å². The van der Waals surface area contributed by atoms with Crippen molar-refractivity contribution in [2.75, 3.05) is 6.54 Å². The molecule has 1 heterocycles. The standard InChI is InChI=1S/C16H23N3O3S.ClH/c1-11-9-14(7-8-17-11)18-16(20)12-3-2-4-15(10-12)23(21,22)19-13-5-6-13;/h2-4,10-11,13-14,17,19H,5-9H2,1H3,(H,18,20);1H. The Hall–Kier alpha value is -1.15. The largest absolute Gasteiger partial charge is 0.349 e. The summed E-state index contributed by atoms with van der Waals surface area (Å²) >= 11 is 0. The van der Waals surface area contributed by atoms with Gasteiger partial charge in [0.05, 0.1) is 4.90 Å². The van der Waals surface area contributed by atoms with Gasteiger partial charge in [-0.1, -0.05) is 6.07 Å². The normalized spacial score (nSPS) is 24.0. The zero-order valence-electron chi connectivity index (χ0n) is 13.6. The van der Waals surface area contributed by atoms with Crippen LogP contribution in [0.25, 0.3) is 0 Å². The molecule has 1 aromatic rings. The van der Waals surface area contributed by atoms with Gasteiger partial charge in [-0.15, -0.1) is 12.4 Å². The SMILES string of the molecule is CC1CC(NC(=O)c2cccc(S(=O)(=O)NC3CC3)c2)CCN1.Cl. The lowest BCUT2D eigenvalue weighted by Gasteiger charge is -2.28. The van der Waals surface area contributed by atoms with E-state index in [9.17, 15) is 13.2 Å². The highest BCUT2D eigenvalue weighted by Crippen LogP contribution is 2.22. The first kappa shape index (κ1) is 19.2. The Balaban J connectivity index is 0.00000208. The number of hydrogen-bond acceptors (Lipinski definition) is 4. The molecule has 3 rings (SSSR count). The number of nitrogens with one attached hydrogen (secondary N) is 3. The van der Waals surface area contributed by atoms with Crippen LogP contribution in [0.5, 0.6) is 0 Å². The molecule has 24 heavy (non-hydrogen) atoms. The Morgan fingerprint density at radius 3 is 2.62 bits per heavy atom. The molecule has 2 atom stereocenters. The van der Waals surface area contributed by atoms with Crippen LogP contribution < -0.4 is 15.4 Å². The van der Waals surface area contributed by atoms with E-state index >= 15 is 0 Å². The summed E-state index contributed by atoms with van der Waals surface area (Å²) in [5.74, 6) is -0.215. The van der Waals surface area contributed by atoms with Gasteiger partial charge in [0, 0.05) is 23.7 Å². The van der Waals surface area contributed by atoms with Crippen molar-refractivity contribution in [2.24, 2.45) is 0 Å². The zero-order valence-corrected chi connectivity index (χ0v) is 15.3. The summed E-state index contributed by atoms with van der Waals surface area (Å²) in [6.45, 7) is 2.97. The number of piperidine rings is 1. The topological polar surface area (TPSA) is 87.3 Å². The quantitative estimate of drug-likeness (QED) is 0.728. The third kappa shape index (κ3) is 4.92. The monoisotopic (exact) mass is 373 g/mol. The second kappa shape index (κ2) is 7.82. The number of rotatable bonds is 5. The predicted molar refractivity (Wildman–Crippen MR) is 95.0 cm³/mol. The molecule has 2 fully saturated rings. The van der Waals surface area contributed by atoms with Gasteiger partial charge in [-0.25, -0.2) is 13.1 Å². The molecular weight excluding hydrogens is 350 g/mol. The molecule has 134 valence electrons. The van der Waals surface area contributed by atoms with E-state index in [1.54, 1.807) is 12.1 Å². The van der Waals surface area contributed by atoms with Crippen molar-refractivity contribution in [3.8, 4) is 0 Å². The summed E-state index contributed by atoms with van der Waals surface area (Å²) in [6, 6.07) is 6.79. The van der Waals surface area contributed by atoms with Gasteiger partial charge in [-0.05, 0) is 57.4 Å². The molecule has 2 unspecified atom stereocenters. The first-order chi connectivity index (χ1) is 10.9. The maximum absolute atomic E-state index is 12.4. The molecule has 1 aliphatic carbocycles. The second-order valence-electron chi connectivity index (χ2n) is 6.47. The molecule has 1 saturated heterocycles. The van der Waals surface area contributed by atoms with Crippen molar-refractivity contribution in [3.63, 3.8) is 0 Å². The van der Waals surface area contributed by atoms with Crippen molar-refractivity contribution >= 4 is 28.3 Å². The smallest absolute Gasteiger partial charge is 0.251 e. The van der Waals surface area contributed by atoms with E-state index in [4.69, 9.17) is 0 Å². The van der Waals surface area contributed by atoms with Crippen LogP contribution in [0, 0.1) is 0 Å². The summed E-state index contributed by atoms with van der Waals surface area (Å²) < 4.78 is 27.1. The Kier molecular flexibility index (Phi) is 6.25. The van der Waals surface area contributed by atoms with Crippen LogP contribution in [0.15, 0.2) is 29.2 Å². The fourth-order valence-electron chi connectivity index (χ4n) is 2.82. The molecule has 1 amide bonds. The summed E-state index contributed by atoms with van der Waals surface area (Å²) in [6.07, 6.45) is 3.53. The lowest BCUT2D eigenvalue weighted by atomic mass is 10.0. The number of sulfonamides is 1. The van der Waals surface area contributed by atoms with Crippen LogP contribution in [0.2, 0.25) is 0 Å². The van der Waals surface area contributed by atoms with Gasteiger partial charge in [0.25, 0.3) is 5.91 Å². The second-order valence-corrected chi connectivity index (χ2v) is 8.19. The highest BCUT2D eigenvalue weighted by molar-refractivity contribution is 7.89. The number of amides is 1. The molecule has 6 nitrogen and oxygen atoms in total. The van der Waals surface area contributed by atoms with Crippen LogP contribution in [0.1, 0.15) is 43.0 Å². The van der Waals surface area contributed by atoms with Gasteiger partial charge in [0.2, 0.25) is 10.0 Å². The van der Waals surface area contributed by atoms with Crippen molar-refractivity contribution in [3.05, 3.63) is 29.8 Å². The highest BCUT2D eigenvalue weighted by atomic mass is 35.5. The average Bonchev–Trinajstić information content (AvgIpc) is 3.31. The minimum atomic E-state index is -3.53. The summed E-state index contributed by atoms with van der Waals surface area (Å²) in [5.41, 5.74) is 0.384. The maximum atomic E-state index is 12.4. The van der Waals surface area contributed by atoms with Gasteiger partial charge >= 0.3 is 0 Å². The molecule has 1 aliphatic heterocycles. The summed E-state index contributed by atoms with van der Waals surface area (Å²) in [7, 11) is -3.53. The zero-order chi connectivity index (χ0) is 16.4. The van der Waals surface area contributed by atoms with Crippen molar-refractivity contribution in [2.45, 2.75) is 55.6 Å². The number of carbonyl (C=O) groups is 1. The van der Waals surface area contributed by atoms with Crippen molar-refractivity contribution in [1.29, 1.82) is 0 Å². The van der Waals surface area contributed by atoms with Gasteiger partial charge < -0.3 is 10.6 Å². The minimum absolute atomic E-state index is 0. The van der Waals surface area contributed by atoms with Crippen molar-refractivity contribution in [1.82, 2.24) is 15.4 Å². The molecule has 0 bridgehead atoms. The van der Waals surface area contributed by atoms with Crippen LogP contribution in [-0.4, -0.2) is 39.0 Å². The average molecular weight is 374 g/mol. The van der Waals surface area contributed by atoms with Crippen LogP contribution in [-0.2, 0) is 10.0 Å². The van der Waals surface area contributed by atoms with E-state index in [0.717, 1.165) is 32.2 Å². The molecule has 1 saturated carbocycles. The van der Waals surface area contributed by atoms with Gasteiger partial charge in [0.1, 0.15) is 0 Å². The Morgan fingerprint density at radius 1 is 1.21 bits per heavy atom.